The standard InChI is InChI=1S/C13H27NOS/c1-10(2)7-9-16(15)11-6-8-13(3,4)12(11)14-5/h10-12,14H,6-9H2,1-5H3. The summed E-state index contributed by atoms with van der Waals surface area (Å²) in [6, 6.07) is 0.417. The molecule has 1 N–H and O–H groups in total. The molecule has 0 amide bonds. The Morgan fingerprint density at radius 3 is 2.56 bits per heavy atom. The third-order valence-electron chi connectivity index (χ3n) is 3.83. The van der Waals surface area contributed by atoms with Gasteiger partial charge in [0, 0.05) is 22.6 Å². The highest BCUT2D eigenvalue weighted by Crippen LogP contribution is 2.39. The summed E-state index contributed by atoms with van der Waals surface area (Å²) >= 11 is 0. The molecule has 0 heterocycles. The van der Waals surface area contributed by atoms with Gasteiger partial charge in [0.05, 0.1) is 5.25 Å². The summed E-state index contributed by atoms with van der Waals surface area (Å²) in [6.45, 7) is 8.97. The minimum Gasteiger partial charge on any atom is -0.315 e. The van der Waals surface area contributed by atoms with Crippen LogP contribution < -0.4 is 5.32 Å². The van der Waals surface area contributed by atoms with Gasteiger partial charge in [0.25, 0.3) is 0 Å². The quantitative estimate of drug-likeness (QED) is 0.806. The summed E-state index contributed by atoms with van der Waals surface area (Å²) in [7, 11) is 1.35. The third-order valence-corrected chi connectivity index (χ3v) is 5.65. The molecular formula is C13H27NOS. The van der Waals surface area contributed by atoms with Crippen molar-refractivity contribution in [2.24, 2.45) is 11.3 Å². The number of rotatable bonds is 5. The van der Waals surface area contributed by atoms with E-state index in [4.69, 9.17) is 0 Å². The third kappa shape index (κ3) is 3.30. The van der Waals surface area contributed by atoms with E-state index >= 15 is 0 Å². The van der Waals surface area contributed by atoms with Crippen molar-refractivity contribution < 1.29 is 4.21 Å². The Morgan fingerprint density at radius 1 is 1.44 bits per heavy atom. The van der Waals surface area contributed by atoms with Crippen LogP contribution in [0.5, 0.6) is 0 Å². The molecule has 0 aromatic carbocycles. The van der Waals surface area contributed by atoms with Crippen molar-refractivity contribution in [3.8, 4) is 0 Å². The van der Waals surface area contributed by atoms with E-state index in [2.05, 4.69) is 33.0 Å². The smallest absolute Gasteiger partial charge is 0.0506 e. The second-order valence-corrected chi connectivity index (χ2v) is 7.87. The number of hydrogen-bond acceptors (Lipinski definition) is 2. The molecule has 0 bridgehead atoms. The monoisotopic (exact) mass is 245 g/mol. The highest BCUT2D eigenvalue weighted by atomic mass is 32.2. The second kappa shape index (κ2) is 5.63. The van der Waals surface area contributed by atoms with Crippen LogP contribution in [0.1, 0.15) is 47.0 Å². The molecule has 0 spiro atoms. The zero-order valence-corrected chi connectivity index (χ0v) is 12.2. The average Bonchev–Trinajstić information content (AvgIpc) is 2.49. The fraction of sp³-hybridized carbons (Fsp3) is 1.00. The Labute approximate surface area is 103 Å². The average molecular weight is 245 g/mol. The lowest BCUT2D eigenvalue weighted by atomic mass is 9.87. The van der Waals surface area contributed by atoms with E-state index in [0.29, 0.717) is 22.6 Å². The molecular weight excluding hydrogens is 218 g/mol. The molecule has 0 radical (unpaired) electrons. The van der Waals surface area contributed by atoms with Crippen molar-refractivity contribution in [2.45, 2.75) is 58.2 Å². The molecule has 3 heteroatoms. The van der Waals surface area contributed by atoms with Gasteiger partial charge in [-0.05, 0) is 37.6 Å². The number of nitrogens with one attached hydrogen (secondary N) is 1. The summed E-state index contributed by atoms with van der Waals surface area (Å²) in [6.07, 6.45) is 3.39. The zero-order valence-electron chi connectivity index (χ0n) is 11.4. The van der Waals surface area contributed by atoms with Crippen molar-refractivity contribution in [3.05, 3.63) is 0 Å². The first-order valence-electron chi connectivity index (χ1n) is 6.43. The minimum absolute atomic E-state index is 0.299. The van der Waals surface area contributed by atoms with Gasteiger partial charge in [-0.2, -0.15) is 0 Å². The van der Waals surface area contributed by atoms with Gasteiger partial charge in [-0.1, -0.05) is 27.7 Å². The van der Waals surface area contributed by atoms with Crippen molar-refractivity contribution in [1.82, 2.24) is 5.32 Å². The van der Waals surface area contributed by atoms with Gasteiger partial charge >= 0.3 is 0 Å². The second-order valence-electron chi connectivity index (χ2n) is 6.10. The predicted molar refractivity (Wildman–Crippen MR) is 72.1 cm³/mol. The van der Waals surface area contributed by atoms with E-state index in [1.807, 2.05) is 7.05 Å². The fourth-order valence-electron chi connectivity index (χ4n) is 2.70. The van der Waals surface area contributed by atoms with Crippen molar-refractivity contribution in [3.63, 3.8) is 0 Å². The molecule has 1 rings (SSSR count). The van der Waals surface area contributed by atoms with Crippen molar-refractivity contribution in [1.29, 1.82) is 0 Å². The minimum atomic E-state index is -0.655. The summed E-state index contributed by atoms with van der Waals surface area (Å²) in [5.41, 5.74) is 0.299. The molecule has 96 valence electrons. The Kier molecular flexibility index (Phi) is 4.99. The summed E-state index contributed by atoms with van der Waals surface area (Å²) < 4.78 is 12.3. The highest BCUT2D eigenvalue weighted by Gasteiger charge is 2.43. The van der Waals surface area contributed by atoms with Crippen LogP contribution in [0, 0.1) is 11.3 Å². The predicted octanol–water partition coefficient (Wildman–Crippen LogP) is 2.56. The summed E-state index contributed by atoms with van der Waals surface area (Å²) in [5, 5.41) is 3.74. The molecule has 0 aliphatic heterocycles. The fourth-order valence-corrected chi connectivity index (χ4v) is 4.90. The maximum Gasteiger partial charge on any atom is 0.0506 e. The highest BCUT2D eigenvalue weighted by molar-refractivity contribution is 7.85. The largest absolute Gasteiger partial charge is 0.315 e. The van der Waals surface area contributed by atoms with E-state index < -0.39 is 10.8 Å². The lowest BCUT2D eigenvalue weighted by Gasteiger charge is -2.30. The zero-order chi connectivity index (χ0) is 12.3. The van der Waals surface area contributed by atoms with Crippen LogP contribution >= 0.6 is 0 Å². The Morgan fingerprint density at radius 2 is 2.06 bits per heavy atom. The first kappa shape index (κ1) is 14.2. The molecule has 0 saturated heterocycles. The first-order chi connectivity index (χ1) is 7.38. The molecule has 0 aromatic rings. The van der Waals surface area contributed by atoms with Crippen molar-refractivity contribution >= 4 is 10.8 Å². The molecule has 3 atom stereocenters. The van der Waals surface area contributed by atoms with Gasteiger partial charge in [0.1, 0.15) is 0 Å². The van der Waals surface area contributed by atoms with Crippen LogP contribution in [-0.4, -0.2) is 28.3 Å². The molecule has 16 heavy (non-hydrogen) atoms. The Bertz CT molecular complexity index is 250. The molecule has 1 fully saturated rings. The normalized spacial score (nSPS) is 30.9. The summed E-state index contributed by atoms with van der Waals surface area (Å²) in [5.74, 6) is 1.53. The van der Waals surface area contributed by atoms with Crippen LogP contribution in [0.4, 0.5) is 0 Å². The van der Waals surface area contributed by atoms with Gasteiger partial charge < -0.3 is 5.32 Å². The molecule has 2 nitrogen and oxygen atoms in total. The molecule has 3 unspecified atom stereocenters. The van der Waals surface area contributed by atoms with Gasteiger partial charge in [-0.15, -0.1) is 0 Å². The van der Waals surface area contributed by atoms with Crippen LogP contribution in [0.15, 0.2) is 0 Å². The van der Waals surface area contributed by atoms with Gasteiger partial charge in [-0.3, -0.25) is 4.21 Å². The Balaban J connectivity index is 2.57. The molecule has 1 saturated carbocycles. The Hall–Kier alpha value is 0.110. The lowest BCUT2D eigenvalue weighted by Crippen LogP contribution is -2.44. The van der Waals surface area contributed by atoms with Crippen LogP contribution in [0.3, 0.4) is 0 Å². The van der Waals surface area contributed by atoms with Crippen LogP contribution in [-0.2, 0) is 10.8 Å². The maximum absolute atomic E-state index is 12.3. The molecule has 1 aliphatic carbocycles. The van der Waals surface area contributed by atoms with Crippen molar-refractivity contribution in [2.75, 3.05) is 12.8 Å². The van der Waals surface area contributed by atoms with E-state index in [-0.39, 0.29) is 0 Å². The molecule has 1 aliphatic rings. The first-order valence-corrected chi connectivity index (χ1v) is 7.81. The van der Waals surface area contributed by atoms with Crippen LogP contribution in [0.2, 0.25) is 0 Å². The van der Waals surface area contributed by atoms with Gasteiger partial charge in [0.15, 0.2) is 0 Å². The van der Waals surface area contributed by atoms with Gasteiger partial charge in [-0.25, -0.2) is 0 Å². The topological polar surface area (TPSA) is 29.1 Å². The van der Waals surface area contributed by atoms with Crippen LogP contribution in [0.25, 0.3) is 0 Å². The van der Waals surface area contributed by atoms with E-state index in [9.17, 15) is 4.21 Å². The maximum atomic E-state index is 12.3. The molecule has 0 aromatic heterocycles. The van der Waals surface area contributed by atoms with E-state index in [1.54, 1.807) is 0 Å². The number of hydrogen-bond donors (Lipinski definition) is 1. The van der Waals surface area contributed by atoms with E-state index in [0.717, 1.165) is 18.6 Å². The van der Waals surface area contributed by atoms with E-state index in [1.165, 1.54) is 6.42 Å². The SMILES string of the molecule is CNC1C(S(=O)CCC(C)C)CCC1(C)C. The summed E-state index contributed by atoms with van der Waals surface area (Å²) in [4.78, 5) is 0. The van der Waals surface area contributed by atoms with Gasteiger partial charge in [0.2, 0.25) is 0 Å². The lowest BCUT2D eigenvalue weighted by molar-refractivity contribution is 0.299.